The van der Waals surface area contributed by atoms with Crippen LogP contribution >= 0.6 is 0 Å². The summed E-state index contributed by atoms with van der Waals surface area (Å²) in [5, 5.41) is 12.9. The molecule has 0 saturated heterocycles. The fourth-order valence-electron chi connectivity index (χ4n) is 1.27. The van der Waals surface area contributed by atoms with Gasteiger partial charge in [-0.25, -0.2) is 4.98 Å². The summed E-state index contributed by atoms with van der Waals surface area (Å²) in [4.78, 5) is 4.13. The van der Waals surface area contributed by atoms with Gasteiger partial charge in [0.15, 0.2) is 5.82 Å². The number of nitrogens with two attached hydrogens (primary N) is 1. The molecule has 1 aromatic heterocycles. The van der Waals surface area contributed by atoms with E-state index in [4.69, 9.17) is 10.8 Å². The molecule has 0 bridgehead atoms. The van der Waals surface area contributed by atoms with Crippen LogP contribution in [-0.2, 0) is 6.54 Å². The molecule has 3 N–H and O–H groups in total. The van der Waals surface area contributed by atoms with Crippen molar-refractivity contribution in [2.24, 2.45) is 0 Å². The van der Waals surface area contributed by atoms with Gasteiger partial charge >= 0.3 is 0 Å². The molecule has 5 heteroatoms. The van der Waals surface area contributed by atoms with Crippen molar-refractivity contribution < 1.29 is 5.11 Å². The van der Waals surface area contributed by atoms with Crippen LogP contribution in [0.15, 0.2) is 30.6 Å². The third-order valence-corrected chi connectivity index (χ3v) is 2.03. The first-order valence-electron chi connectivity index (χ1n) is 4.66. The van der Waals surface area contributed by atoms with E-state index in [0.29, 0.717) is 18.1 Å². The fourth-order valence-corrected chi connectivity index (χ4v) is 1.27. The number of anilines is 1. The van der Waals surface area contributed by atoms with Crippen molar-refractivity contribution in [2.45, 2.75) is 6.54 Å². The van der Waals surface area contributed by atoms with Crippen LogP contribution in [0, 0.1) is 0 Å². The van der Waals surface area contributed by atoms with E-state index in [1.165, 1.54) is 0 Å². The van der Waals surface area contributed by atoms with E-state index in [0.717, 1.165) is 5.56 Å². The molecule has 2 rings (SSSR count). The molecule has 0 aliphatic heterocycles. The summed E-state index contributed by atoms with van der Waals surface area (Å²) in [6.07, 6.45) is 1.60. The summed E-state index contributed by atoms with van der Waals surface area (Å²) < 4.78 is 1.60. The molecular weight excluding hydrogens is 192 g/mol. The number of nitrogens with zero attached hydrogens (tertiary/aromatic N) is 3. The van der Waals surface area contributed by atoms with E-state index in [2.05, 4.69) is 10.1 Å². The van der Waals surface area contributed by atoms with Gasteiger partial charge in [-0.2, -0.15) is 5.10 Å². The minimum Gasteiger partial charge on any atom is -0.399 e. The van der Waals surface area contributed by atoms with E-state index < -0.39 is 0 Å². The minimum absolute atomic E-state index is 0.0601. The Morgan fingerprint density at radius 2 is 2.00 bits per heavy atom. The van der Waals surface area contributed by atoms with Crippen molar-refractivity contribution in [3.05, 3.63) is 30.6 Å². The topological polar surface area (TPSA) is 77.0 Å². The molecule has 0 fully saturated rings. The molecule has 0 aliphatic carbocycles. The molecular formula is C10H12N4O. The van der Waals surface area contributed by atoms with Crippen LogP contribution in [0.1, 0.15) is 0 Å². The van der Waals surface area contributed by atoms with E-state index in [1.807, 2.05) is 24.3 Å². The maximum Gasteiger partial charge on any atom is 0.181 e. The van der Waals surface area contributed by atoms with Crippen molar-refractivity contribution in [1.82, 2.24) is 14.8 Å². The highest BCUT2D eigenvalue weighted by Crippen LogP contribution is 2.15. The molecule has 0 amide bonds. The summed E-state index contributed by atoms with van der Waals surface area (Å²) in [7, 11) is 0. The van der Waals surface area contributed by atoms with Crippen LogP contribution in [0.25, 0.3) is 11.4 Å². The van der Waals surface area contributed by atoms with E-state index in [1.54, 1.807) is 11.0 Å². The number of hydrogen-bond donors (Lipinski definition) is 2. The van der Waals surface area contributed by atoms with Gasteiger partial charge in [0.2, 0.25) is 0 Å². The lowest BCUT2D eigenvalue weighted by molar-refractivity contribution is 0.269. The Hall–Kier alpha value is -1.88. The lowest BCUT2D eigenvalue weighted by Crippen LogP contribution is -2.02. The maximum absolute atomic E-state index is 8.73. The number of aliphatic hydroxyl groups excluding tert-OH is 1. The zero-order chi connectivity index (χ0) is 10.7. The number of nitrogen functional groups attached to an aromatic ring is 1. The van der Waals surface area contributed by atoms with Gasteiger partial charge in [0.25, 0.3) is 0 Å². The molecule has 0 aliphatic rings. The van der Waals surface area contributed by atoms with Crippen LogP contribution in [0.5, 0.6) is 0 Å². The molecule has 1 heterocycles. The number of benzene rings is 1. The van der Waals surface area contributed by atoms with Crippen molar-refractivity contribution in [1.29, 1.82) is 0 Å². The van der Waals surface area contributed by atoms with Crippen molar-refractivity contribution in [2.75, 3.05) is 12.3 Å². The van der Waals surface area contributed by atoms with Gasteiger partial charge < -0.3 is 10.8 Å². The van der Waals surface area contributed by atoms with Gasteiger partial charge in [-0.1, -0.05) is 0 Å². The summed E-state index contributed by atoms with van der Waals surface area (Å²) >= 11 is 0. The summed E-state index contributed by atoms with van der Waals surface area (Å²) in [6, 6.07) is 7.35. The molecule has 0 unspecified atom stereocenters. The van der Waals surface area contributed by atoms with Crippen LogP contribution in [-0.4, -0.2) is 26.5 Å². The van der Waals surface area contributed by atoms with E-state index in [-0.39, 0.29) is 6.61 Å². The summed E-state index contributed by atoms with van der Waals surface area (Å²) in [6.45, 7) is 0.520. The number of hydrogen-bond acceptors (Lipinski definition) is 4. The molecule has 2 aromatic rings. The molecule has 5 nitrogen and oxygen atoms in total. The monoisotopic (exact) mass is 204 g/mol. The number of rotatable bonds is 3. The third kappa shape index (κ3) is 2.13. The second kappa shape index (κ2) is 4.10. The lowest BCUT2D eigenvalue weighted by atomic mass is 10.2. The minimum atomic E-state index is 0.0601. The molecule has 1 aromatic carbocycles. The predicted molar refractivity (Wildman–Crippen MR) is 57.0 cm³/mol. The molecule has 0 spiro atoms. The van der Waals surface area contributed by atoms with Crippen LogP contribution < -0.4 is 5.73 Å². The fraction of sp³-hybridized carbons (Fsp3) is 0.200. The highest BCUT2D eigenvalue weighted by atomic mass is 16.3. The zero-order valence-electron chi connectivity index (χ0n) is 8.17. The molecule has 78 valence electrons. The Balaban J connectivity index is 2.25. The third-order valence-electron chi connectivity index (χ3n) is 2.03. The van der Waals surface area contributed by atoms with Crippen molar-refractivity contribution in [3.8, 4) is 11.4 Å². The zero-order valence-corrected chi connectivity index (χ0v) is 8.17. The Kier molecular flexibility index (Phi) is 2.64. The van der Waals surface area contributed by atoms with Gasteiger partial charge in [0, 0.05) is 11.3 Å². The van der Waals surface area contributed by atoms with Gasteiger partial charge in [0.05, 0.1) is 13.2 Å². The second-order valence-corrected chi connectivity index (χ2v) is 3.18. The highest BCUT2D eigenvalue weighted by Gasteiger charge is 2.02. The smallest absolute Gasteiger partial charge is 0.181 e. The highest BCUT2D eigenvalue weighted by molar-refractivity contribution is 5.57. The SMILES string of the molecule is Nc1ccc(-c2ncn(CCO)n2)cc1. The average molecular weight is 204 g/mol. The lowest BCUT2D eigenvalue weighted by Gasteiger charge is -1.96. The first-order chi connectivity index (χ1) is 7.29. The van der Waals surface area contributed by atoms with Gasteiger partial charge in [-0.05, 0) is 24.3 Å². The Bertz CT molecular complexity index is 435. The molecule has 0 saturated carbocycles. The Morgan fingerprint density at radius 3 is 2.67 bits per heavy atom. The summed E-state index contributed by atoms with van der Waals surface area (Å²) in [5.74, 6) is 0.642. The maximum atomic E-state index is 8.73. The van der Waals surface area contributed by atoms with Gasteiger partial charge in [-0.3, -0.25) is 4.68 Å². The predicted octanol–water partition coefficient (Wildman–Crippen LogP) is 0.520. The first kappa shape index (κ1) is 9.67. The van der Waals surface area contributed by atoms with Crippen molar-refractivity contribution in [3.63, 3.8) is 0 Å². The second-order valence-electron chi connectivity index (χ2n) is 3.18. The van der Waals surface area contributed by atoms with Gasteiger partial charge in [0.1, 0.15) is 6.33 Å². The standard InChI is InChI=1S/C10H12N4O/c11-9-3-1-8(2-4-9)10-12-7-14(13-10)5-6-15/h1-4,7,15H,5-6,11H2. The Labute approximate surface area is 87.2 Å². The quantitative estimate of drug-likeness (QED) is 0.714. The largest absolute Gasteiger partial charge is 0.399 e. The number of aromatic nitrogens is 3. The van der Waals surface area contributed by atoms with Gasteiger partial charge in [-0.15, -0.1) is 0 Å². The van der Waals surface area contributed by atoms with Crippen LogP contribution in [0.4, 0.5) is 5.69 Å². The normalized spacial score (nSPS) is 10.5. The molecule has 0 atom stereocenters. The summed E-state index contributed by atoms with van der Waals surface area (Å²) in [5.41, 5.74) is 7.21. The molecule has 0 radical (unpaired) electrons. The average Bonchev–Trinajstić information content (AvgIpc) is 2.68. The van der Waals surface area contributed by atoms with Crippen molar-refractivity contribution >= 4 is 5.69 Å². The Morgan fingerprint density at radius 1 is 1.27 bits per heavy atom. The van der Waals surface area contributed by atoms with Crippen LogP contribution in [0.3, 0.4) is 0 Å². The number of aliphatic hydroxyl groups is 1. The molecule has 15 heavy (non-hydrogen) atoms. The first-order valence-corrected chi connectivity index (χ1v) is 4.66. The van der Waals surface area contributed by atoms with E-state index in [9.17, 15) is 0 Å². The van der Waals surface area contributed by atoms with Crippen LogP contribution in [0.2, 0.25) is 0 Å². The van der Waals surface area contributed by atoms with E-state index >= 15 is 0 Å².